The van der Waals surface area contributed by atoms with E-state index in [1.54, 1.807) is 11.8 Å². The van der Waals surface area contributed by atoms with Crippen LogP contribution in [0.3, 0.4) is 0 Å². The molecule has 0 N–H and O–H groups in total. The van der Waals surface area contributed by atoms with Crippen LogP contribution in [-0.2, 0) is 9.53 Å². The van der Waals surface area contributed by atoms with E-state index in [1.807, 2.05) is 20.8 Å². The molecule has 126 valence electrons. The number of rotatable bonds is 4. The maximum atomic E-state index is 12.3. The highest BCUT2D eigenvalue weighted by Crippen LogP contribution is 2.35. The Labute approximate surface area is 134 Å². The topological polar surface area (TPSA) is 46.6 Å². The average Bonchev–Trinajstić information content (AvgIpc) is 2.42. The minimum Gasteiger partial charge on any atom is -0.444 e. The van der Waals surface area contributed by atoms with E-state index in [1.165, 1.54) is 0 Å². The Balaban J connectivity index is 2.87. The fourth-order valence-electron chi connectivity index (χ4n) is 3.11. The summed E-state index contributed by atoms with van der Waals surface area (Å²) in [6.07, 6.45) is 1.32. The number of nitrogens with zero attached hydrogens (tertiary/aromatic N) is 1. The fraction of sp³-hybridized carbons (Fsp3) is 0.778. The number of amides is 1. The third-order valence-corrected chi connectivity index (χ3v) is 4.57. The van der Waals surface area contributed by atoms with E-state index in [4.69, 9.17) is 4.74 Å². The predicted molar refractivity (Wildman–Crippen MR) is 88.7 cm³/mol. The summed E-state index contributed by atoms with van der Waals surface area (Å²) in [6.45, 7) is 16.7. The summed E-state index contributed by atoms with van der Waals surface area (Å²) in [6, 6.07) is 0. The molecule has 3 atom stereocenters. The zero-order valence-corrected chi connectivity index (χ0v) is 14.9. The van der Waals surface area contributed by atoms with Crippen molar-refractivity contribution in [1.29, 1.82) is 0 Å². The molecule has 1 aliphatic rings. The molecule has 0 radical (unpaired) electrons. The van der Waals surface area contributed by atoms with Crippen molar-refractivity contribution in [2.24, 2.45) is 17.8 Å². The number of likely N-dealkylation sites (tertiary alicyclic amines) is 1. The van der Waals surface area contributed by atoms with E-state index in [0.29, 0.717) is 19.5 Å². The Bertz CT molecular complexity index is 436. The van der Waals surface area contributed by atoms with Gasteiger partial charge in [-0.15, -0.1) is 0 Å². The maximum Gasteiger partial charge on any atom is 0.410 e. The van der Waals surface area contributed by atoms with E-state index in [0.717, 1.165) is 12.0 Å². The van der Waals surface area contributed by atoms with Crippen LogP contribution in [0.5, 0.6) is 0 Å². The molecule has 1 rings (SSSR count). The summed E-state index contributed by atoms with van der Waals surface area (Å²) in [5, 5.41) is 0. The van der Waals surface area contributed by atoms with Crippen LogP contribution in [0.15, 0.2) is 12.2 Å². The first kappa shape index (κ1) is 18.7. The minimum atomic E-state index is -0.497. The normalized spacial score (nSPS) is 23.8. The van der Waals surface area contributed by atoms with Gasteiger partial charge in [0.1, 0.15) is 11.4 Å². The van der Waals surface area contributed by atoms with Crippen LogP contribution in [0.2, 0.25) is 0 Å². The van der Waals surface area contributed by atoms with Crippen LogP contribution in [-0.4, -0.2) is 35.5 Å². The van der Waals surface area contributed by atoms with Gasteiger partial charge in [0.2, 0.25) is 0 Å². The first-order valence-corrected chi connectivity index (χ1v) is 8.22. The molecule has 1 amide bonds. The van der Waals surface area contributed by atoms with E-state index in [9.17, 15) is 9.59 Å². The summed E-state index contributed by atoms with van der Waals surface area (Å²) >= 11 is 0. The number of carbonyl (C=O) groups excluding carboxylic acids is 2. The van der Waals surface area contributed by atoms with Crippen LogP contribution < -0.4 is 0 Å². The van der Waals surface area contributed by atoms with Gasteiger partial charge >= 0.3 is 6.09 Å². The van der Waals surface area contributed by atoms with Gasteiger partial charge < -0.3 is 9.64 Å². The lowest BCUT2D eigenvalue weighted by molar-refractivity contribution is -0.125. The van der Waals surface area contributed by atoms with E-state index in [-0.39, 0.29) is 29.6 Å². The highest BCUT2D eigenvalue weighted by molar-refractivity contribution is 5.79. The zero-order chi connectivity index (χ0) is 17.1. The van der Waals surface area contributed by atoms with Crippen molar-refractivity contribution in [3.05, 3.63) is 12.2 Å². The van der Waals surface area contributed by atoms with Crippen molar-refractivity contribution in [3.63, 3.8) is 0 Å². The minimum absolute atomic E-state index is 0.0111. The summed E-state index contributed by atoms with van der Waals surface area (Å²) in [5.41, 5.74) is 0.644. The van der Waals surface area contributed by atoms with Gasteiger partial charge in [0, 0.05) is 19.0 Å². The van der Waals surface area contributed by atoms with Crippen molar-refractivity contribution in [3.8, 4) is 0 Å². The lowest BCUT2D eigenvalue weighted by Crippen LogP contribution is -2.49. The Morgan fingerprint density at radius 3 is 2.41 bits per heavy atom. The fourth-order valence-corrected chi connectivity index (χ4v) is 3.11. The first-order chi connectivity index (χ1) is 10.1. The Morgan fingerprint density at radius 1 is 1.36 bits per heavy atom. The highest BCUT2D eigenvalue weighted by atomic mass is 16.6. The molecule has 0 aromatic heterocycles. The molecule has 3 unspecified atom stereocenters. The lowest BCUT2D eigenvalue weighted by atomic mass is 9.73. The van der Waals surface area contributed by atoms with Gasteiger partial charge in [-0.3, -0.25) is 4.79 Å². The Kier molecular flexibility index (Phi) is 6.21. The molecule has 0 spiro atoms. The number of hydrogen-bond acceptors (Lipinski definition) is 3. The van der Waals surface area contributed by atoms with E-state index >= 15 is 0 Å². The number of hydrogen-bond donors (Lipinski definition) is 0. The van der Waals surface area contributed by atoms with Gasteiger partial charge in [0.15, 0.2) is 0 Å². The number of ketones is 1. The average molecular weight is 309 g/mol. The molecule has 22 heavy (non-hydrogen) atoms. The first-order valence-electron chi connectivity index (χ1n) is 8.22. The lowest BCUT2D eigenvalue weighted by Gasteiger charge is -2.41. The molecule has 0 aliphatic carbocycles. The van der Waals surface area contributed by atoms with Gasteiger partial charge in [-0.1, -0.05) is 26.0 Å². The van der Waals surface area contributed by atoms with Crippen LogP contribution in [0, 0.1) is 17.8 Å². The zero-order valence-electron chi connectivity index (χ0n) is 14.9. The van der Waals surface area contributed by atoms with Crippen molar-refractivity contribution in [2.45, 2.75) is 60.0 Å². The molecule has 4 nitrogen and oxygen atoms in total. The second-order valence-electron chi connectivity index (χ2n) is 7.40. The Hall–Kier alpha value is -1.32. The smallest absolute Gasteiger partial charge is 0.410 e. The highest BCUT2D eigenvalue weighted by Gasteiger charge is 2.38. The third kappa shape index (κ3) is 4.85. The molecule has 0 aromatic carbocycles. The molecule has 1 saturated heterocycles. The van der Waals surface area contributed by atoms with Crippen molar-refractivity contribution in [1.82, 2.24) is 4.90 Å². The standard InChI is InChI=1S/C18H31NO3/c1-8-12(2)13(3)16-11-19(10-9-15(16)14(4)20)17(21)22-18(5,6)7/h13,15-16H,2,8-11H2,1,3-7H3. The number of Topliss-reactive ketones (excluding diaryl/α,β-unsaturated/α-hetero) is 1. The van der Waals surface area contributed by atoms with Gasteiger partial charge in [-0.25, -0.2) is 4.79 Å². The van der Waals surface area contributed by atoms with Crippen LogP contribution in [0.4, 0.5) is 4.79 Å². The Morgan fingerprint density at radius 2 is 1.95 bits per heavy atom. The van der Waals surface area contributed by atoms with Crippen molar-refractivity contribution < 1.29 is 14.3 Å². The summed E-state index contributed by atoms with van der Waals surface area (Å²) in [7, 11) is 0. The van der Waals surface area contributed by atoms with Gasteiger partial charge in [0.05, 0.1) is 0 Å². The maximum absolute atomic E-state index is 12.3. The summed E-state index contributed by atoms with van der Waals surface area (Å²) < 4.78 is 5.47. The molecule has 1 fully saturated rings. The van der Waals surface area contributed by atoms with Gasteiger partial charge in [0.25, 0.3) is 0 Å². The SMILES string of the molecule is C=C(CC)C(C)C1CN(C(=O)OC(C)(C)C)CCC1C(C)=O. The quantitative estimate of drug-likeness (QED) is 0.736. The van der Waals surface area contributed by atoms with Crippen molar-refractivity contribution >= 4 is 11.9 Å². The monoisotopic (exact) mass is 309 g/mol. The number of ether oxygens (including phenoxy) is 1. The second-order valence-corrected chi connectivity index (χ2v) is 7.40. The van der Waals surface area contributed by atoms with E-state index in [2.05, 4.69) is 20.4 Å². The van der Waals surface area contributed by atoms with Crippen LogP contribution >= 0.6 is 0 Å². The van der Waals surface area contributed by atoms with E-state index < -0.39 is 5.60 Å². The summed E-state index contributed by atoms with van der Waals surface area (Å²) in [4.78, 5) is 26.0. The number of carbonyl (C=O) groups is 2. The summed E-state index contributed by atoms with van der Waals surface area (Å²) in [5.74, 6) is 0.580. The molecule has 0 saturated carbocycles. The number of piperidine rings is 1. The van der Waals surface area contributed by atoms with Crippen LogP contribution in [0.25, 0.3) is 0 Å². The molecular weight excluding hydrogens is 278 g/mol. The second kappa shape index (κ2) is 7.30. The molecule has 0 bridgehead atoms. The predicted octanol–water partition coefficient (Wildman–Crippen LogP) is 4.05. The van der Waals surface area contributed by atoms with Crippen LogP contribution in [0.1, 0.15) is 54.4 Å². The number of allylic oxidation sites excluding steroid dienone is 1. The molecule has 1 aliphatic heterocycles. The molecular formula is C18H31NO3. The molecule has 0 aromatic rings. The van der Waals surface area contributed by atoms with Gasteiger partial charge in [-0.2, -0.15) is 0 Å². The molecule has 1 heterocycles. The third-order valence-electron chi connectivity index (χ3n) is 4.57. The molecule has 4 heteroatoms. The van der Waals surface area contributed by atoms with Crippen molar-refractivity contribution in [2.75, 3.05) is 13.1 Å². The van der Waals surface area contributed by atoms with Gasteiger partial charge in [-0.05, 0) is 52.4 Å². The largest absolute Gasteiger partial charge is 0.444 e.